The van der Waals surface area contributed by atoms with E-state index in [-0.39, 0.29) is 11.9 Å². The molecule has 0 radical (unpaired) electrons. The van der Waals surface area contributed by atoms with Gasteiger partial charge in [0, 0.05) is 0 Å². The lowest BCUT2D eigenvalue weighted by Crippen LogP contribution is -2.36. The van der Waals surface area contributed by atoms with Crippen molar-refractivity contribution in [3.63, 3.8) is 0 Å². The number of likely N-dealkylation sites (N-methyl/N-ethyl adjacent to an activating group) is 1. The zero-order valence-electron chi connectivity index (χ0n) is 13.9. The van der Waals surface area contributed by atoms with Crippen LogP contribution in [0.3, 0.4) is 0 Å². The van der Waals surface area contributed by atoms with Crippen LogP contribution in [0.4, 0.5) is 0 Å². The molecule has 0 aliphatic rings. The minimum Gasteiger partial charge on any atom is -0.348 e. The van der Waals surface area contributed by atoms with Crippen molar-refractivity contribution in [3.05, 3.63) is 65.2 Å². The summed E-state index contributed by atoms with van der Waals surface area (Å²) in [6.07, 6.45) is 0. The highest BCUT2D eigenvalue weighted by Crippen LogP contribution is 2.22. The summed E-state index contributed by atoms with van der Waals surface area (Å²) < 4.78 is 1.18. The molecule has 1 heterocycles. The molecule has 2 aromatic carbocycles. The zero-order chi connectivity index (χ0) is 16.9. The van der Waals surface area contributed by atoms with E-state index in [2.05, 4.69) is 16.4 Å². The number of nitrogens with zero attached hydrogens (tertiary/aromatic N) is 2. The van der Waals surface area contributed by atoms with Crippen molar-refractivity contribution in [1.82, 2.24) is 15.2 Å². The monoisotopic (exact) mass is 339 g/mol. The second kappa shape index (κ2) is 7.55. The smallest absolute Gasteiger partial charge is 0.234 e. The number of para-hydroxylation sites is 1. The molecule has 0 bridgehead atoms. The van der Waals surface area contributed by atoms with Crippen LogP contribution in [0.5, 0.6) is 0 Å². The van der Waals surface area contributed by atoms with Gasteiger partial charge in [0.2, 0.25) is 5.91 Å². The maximum absolute atomic E-state index is 12.2. The van der Waals surface area contributed by atoms with Gasteiger partial charge < -0.3 is 5.32 Å². The summed E-state index contributed by atoms with van der Waals surface area (Å²) in [5, 5.41) is 4.07. The number of carbonyl (C=O) groups is 1. The van der Waals surface area contributed by atoms with Crippen molar-refractivity contribution >= 4 is 27.5 Å². The molecular weight excluding hydrogens is 318 g/mol. The van der Waals surface area contributed by atoms with Gasteiger partial charge in [0.05, 0.1) is 29.3 Å². The zero-order valence-corrected chi connectivity index (χ0v) is 14.7. The van der Waals surface area contributed by atoms with Gasteiger partial charge in [0.1, 0.15) is 5.01 Å². The van der Waals surface area contributed by atoms with Crippen molar-refractivity contribution in [3.8, 4) is 0 Å². The highest BCUT2D eigenvalue weighted by Gasteiger charge is 2.13. The number of hydrogen-bond donors (Lipinski definition) is 1. The lowest BCUT2D eigenvalue weighted by Gasteiger charge is -2.18. The van der Waals surface area contributed by atoms with Gasteiger partial charge >= 0.3 is 0 Å². The second-order valence-corrected chi connectivity index (χ2v) is 7.06. The number of nitrogens with one attached hydrogen (secondary N) is 1. The summed E-state index contributed by atoms with van der Waals surface area (Å²) in [4.78, 5) is 18.8. The fourth-order valence-electron chi connectivity index (χ4n) is 2.63. The largest absolute Gasteiger partial charge is 0.348 e. The average molecular weight is 339 g/mol. The predicted octanol–water partition coefficient (Wildman–Crippen LogP) is 3.61. The van der Waals surface area contributed by atoms with Crippen LogP contribution in [0, 0.1) is 0 Å². The van der Waals surface area contributed by atoms with Crippen LogP contribution < -0.4 is 5.32 Å². The first-order valence-corrected chi connectivity index (χ1v) is 8.81. The van der Waals surface area contributed by atoms with E-state index in [9.17, 15) is 4.79 Å². The first kappa shape index (κ1) is 16.6. The average Bonchev–Trinajstić information content (AvgIpc) is 2.97. The van der Waals surface area contributed by atoms with Gasteiger partial charge in [-0.25, -0.2) is 4.98 Å². The predicted molar refractivity (Wildman–Crippen MR) is 99.0 cm³/mol. The molecule has 0 unspecified atom stereocenters. The van der Waals surface area contributed by atoms with Gasteiger partial charge in [-0.2, -0.15) is 0 Å². The third kappa shape index (κ3) is 4.19. The molecule has 5 heteroatoms. The molecule has 3 rings (SSSR count). The Morgan fingerprint density at radius 1 is 1.17 bits per heavy atom. The van der Waals surface area contributed by atoms with Crippen molar-refractivity contribution in [1.29, 1.82) is 0 Å². The Hall–Kier alpha value is -2.24. The Kier molecular flexibility index (Phi) is 5.23. The highest BCUT2D eigenvalue weighted by atomic mass is 32.1. The van der Waals surface area contributed by atoms with Crippen molar-refractivity contribution in [2.24, 2.45) is 0 Å². The summed E-state index contributed by atoms with van der Waals surface area (Å²) in [6.45, 7) is 3.03. The van der Waals surface area contributed by atoms with E-state index in [1.165, 1.54) is 4.70 Å². The maximum Gasteiger partial charge on any atom is 0.234 e. The van der Waals surface area contributed by atoms with Gasteiger partial charge in [0.15, 0.2) is 0 Å². The highest BCUT2D eigenvalue weighted by molar-refractivity contribution is 7.18. The van der Waals surface area contributed by atoms with E-state index in [0.29, 0.717) is 13.1 Å². The Morgan fingerprint density at radius 3 is 2.62 bits per heavy atom. The van der Waals surface area contributed by atoms with Crippen LogP contribution in [-0.2, 0) is 11.3 Å². The van der Waals surface area contributed by atoms with Crippen LogP contribution in [-0.4, -0.2) is 29.4 Å². The topological polar surface area (TPSA) is 45.2 Å². The van der Waals surface area contributed by atoms with E-state index in [4.69, 9.17) is 0 Å². The summed E-state index contributed by atoms with van der Waals surface area (Å²) in [5.74, 6) is 0.0231. The molecule has 0 saturated heterocycles. The standard InChI is InChI=1S/C19H21N3OS/c1-14(15-8-4-3-5-9-15)20-18(23)12-22(2)13-19-21-16-10-6-7-11-17(16)24-19/h3-11,14H,12-13H2,1-2H3,(H,20,23)/t14-/m0/s1. The number of amides is 1. The first-order chi connectivity index (χ1) is 11.6. The van der Waals surface area contributed by atoms with Gasteiger partial charge in [-0.3, -0.25) is 9.69 Å². The number of rotatable bonds is 6. The summed E-state index contributed by atoms with van der Waals surface area (Å²) >= 11 is 1.68. The molecule has 3 aromatic rings. The molecule has 1 atom stereocenters. The Bertz CT molecular complexity index is 783. The van der Waals surface area contributed by atoms with Crippen molar-refractivity contribution < 1.29 is 4.79 Å². The minimum atomic E-state index is 0.00884. The van der Waals surface area contributed by atoms with E-state index < -0.39 is 0 Å². The Balaban J connectivity index is 1.54. The van der Waals surface area contributed by atoms with Crippen LogP contribution in [0.2, 0.25) is 0 Å². The Morgan fingerprint density at radius 2 is 1.88 bits per heavy atom. The van der Waals surface area contributed by atoms with Crippen molar-refractivity contribution in [2.75, 3.05) is 13.6 Å². The lowest BCUT2D eigenvalue weighted by molar-refractivity contribution is -0.122. The number of aromatic nitrogens is 1. The number of fused-ring (bicyclic) bond motifs is 1. The molecule has 1 aromatic heterocycles. The van der Waals surface area contributed by atoms with Gasteiger partial charge in [-0.15, -0.1) is 11.3 Å². The van der Waals surface area contributed by atoms with Crippen molar-refractivity contribution in [2.45, 2.75) is 19.5 Å². The molecule has 24 heavy (non-hydrogen) atoms. The molecule has 0 aliphatic heterocycles. The van der Waals surface area contributed by atoms with Crippen LogP contribution in [0.1, 0.15) is 23.5 Å². The van der Waals surface area contributed by atoms with E-state index in [1.54, 1.807) is 11.3 Å². The third-order valence-corrected chi connectivity index (χ3v) is 4.86. The molecular formula is C19H21N3OS. The van der Waals surface area contributed by atoms with E-state index >= 15 is 0 Å². The molecule has 1 amide bonds. The molecule has 124 valence electrons. The lowest BCUT2D eigenvalue weighted by atomic mass is 10.1. The Labute approximate surface area is 146 Å². The molecule has 0 spiro atoms. The minimum absolute atomic E-state index is 0.00884. The normalized spacial score (nSPS) is 12.5. The van der Waals surface area contributed by atoms with E-state index in [0.717, 1.165) is 16.1 Å². The molecule has 0 aliphatic carbocycles. The SMILES string of the molecule is C[C@H](NC(=O)CN(C)Cc1nc2ccccc2s1)c1ccccc1. The molecule has 0 saturated carbocycles. The number of hydrogen-bond acceptors (Lipinski definition) is 4. The van der Waals surface area contributed by atoms with Gasteiger partial charge in [0.25, 0.3) is 0 Å². The van der Waals surface area contributed by atoms with Crippen LogP contribution in [0.15, 0.2) is 54.6 Å². The van der Waals surface area contributed by atoms with Gasteiger partial charge in [-0.1, -0.05) is 42.5 Å². The van der Waals surface area contributed by atoms with E-state index in [1.807, 2.05) is 67.4 Å². The number of benzene rings is 2. The molecule has 4 nitrogen and oxygen atoms in total. The fraction of sp³-hybridized carbons (Fsp3) is 0.263. The summed E-state index contributed by atoms with van der Waals surface area (Å²) in [5.41, 5.74) is 2.13. The first-order valence-electron chi connectivity index (χ1n) is 7.99. The summed E-state index contributed by atoms with van der Waals surface area (Å²) in [6, 6.07) is 18.1. The summed E-state index contributed by atoms with van der Waals surface area (Å²) in [7, 11) is 1.94. The molecule has 1 N–H and O–H groups in total. The van der Waals surface area contributed by atoms with Crippen LogP contribution in [0.25, 0.3) is 10.2 Å². The fourth-order valence-corrected chi connectivity index (χ4v) is 3.68. The van der Waals surface area contributed by atoms with Gasteiger partial charge in [-0.05, 0) is 31.7 Å². The number of thiazole rings is 1. The maximum atomic E-state index is 12.2. The second-order valence-electron chi connectivity index (χ2n) is 5.95. The third-order valence-electron chi connectivity index (χ3n) is 3.83. The molecule has 0 fully saturated rings. The van der Waals surface area contributed by atoms with Crippen LogP contribution >= 0.6 is 11.3 Å². The quantitative estimate of drug-likeness (QED) is 0.746. The number of carbonyl (C=O) groups excluding carboxylic acids is 1.